The van der Waals surface area contributed by atoms with Crippen molar-refractivity contribution < 1.29 is 13.5 Å². The van der Waals surface area contributed by atoms with Crippen LogP contribution in [0.15, 0.2) is 72.8 Å². The minimum absolute atomic E-state index is 0. The van der Waals surface area contributed by atoms with Crippen LogP contribution in [0.25, 0.3) is 5.57 Å². The molecule has 0 saturated carbocycles. The molecule has 0 unspecified atom stereocenters. The lowest BCUT2D eigenvalue weighted by Crippen LogP contribution is -2.47. The highest BCUT2D eigenvalue weighted by Gasteiger charge is 2.26. The van der Waals surface area contributed by atoms with Crippen molar-refractivity contribution in [3.8, 4) is 5.75 Å². The standard InChI is InChI=1S/C30H32F2N2O.2ClH/c1-35-28-14-9-22-3-2-4-23(29(22)21-28)15-16-33-17-19-34(20-18-33)30(24-5-10-26(31)11-6-24)25-7-12-27(32)13-8-25;;/h5-15,21,30H,2-4,16-20H2,1H3;2*1H/b23-15-;;. The number of halogens is 4. The maximum Gasteiger partial charge on any atom is 0.123 e. The molecule has 3 nitrogen and oxygen atoms in total. The quantitative estimate of drug-likeness (QED) is 0.333. The molecule has 0 amide bonds. The zero-order valence-corrected chi connectivity index (χ0v) is 22.7. The Kier molecular flexibility index (Phi) is 10.5. The molecule has 5 rings (SSSR count). The Labute approximate surface area is 230 Å². The van der Waals surface area contributed by atoms with Gasteiger partial charge in [0, 0.05) is 32.7 Å². The van der Waals surface area contributed by atoms with Gasteiger partial charge in [-0.3, -0.25) is 9.80 Å². The number of nitrogens with zero attached hydrogens (tertiary/aromatic N) is 2. The zero-order valence-electron chi connectivity index (χ0n) is 21.0. The van der Waals surface area contributed by atoms with Crippen molar-refractivity contribution in [3.05, 3.63) is 107 Å². The number of benzene rings is 3. The average Bonchev–Trinajstić information content (AvgIpc) is 2.90. The van der Waals surface area contributed by atoms with E-state index in [2.05, 4.69) is 34.1 Å². The Morgan fingerprint density at radius 3 is 1.97 bits per heavy atom. The molecule has 1 saturated heterocycles. The SMILES string of the molecule is COc1ccc2c(c1)/C(=C\CN1CCN(C(c3ccc(F)cc3)c3ccc(F)cc3)CC1)CCC2.Cl.Cl. The number of hydrogen-bond donors (Lipinski definition) is 0. The van der Waals surface area contributed by atoms with Gasteiger partial charge in [0.1, 0.15) is 17.4 Å². The van der Waals surface area contributed by atoms with E-state index in [4.69, 9.17) is 4.74 Å². The van der Waals surface area contributed by atoms with Crippen molar-refractivity contribution in [2.24, 2.45) is 0 Å². The third kappa shape index (κ3) is 6.91. The van der Waals surface area contributed by atoms with Crippen molar-refractivity contribution in [1.29, 1.82) is 0 Å². The fourth-order valence-corrected chi connectivity index (χ4v) is 5.36. The zero-order chi connectivity index (χ0) is 24.2. The Bertz CT molecular complexity index is 1130. The van der Waals surface area contributed by atoms with Gasteiger partial charge in [0.05, 0.1) is 13.2 Å². The van der Waals surface area contributed by atoms with Gasteiger partial charge < -0.3 is 4.74 Å². The summed E-state index contributed by atoms with van der Waals surface area (Å²) in [6.45, 7) is 4.62. The normalized spacial score (nSPS) is 17.1. The molecule has 7 heteroatoms. The van der Waals surface area contributed by atoms with Crippen molar-refractivity contribution in [2.75, 3.05) is 39.8 Å². The highest BCUT2D eigenvalue weighted by molar-refractivity contribution is 5.85. The van der Waals surface area contributed by atoms with Crippen LogP contribution in [-0.4, -0.2) is 49.6 Å². The minimum Gasteiger partial charge on any atom is -0.497 e. The summed E-state index contributed by atoms with van der Waals surface area (Å²) in [5, 5.41) is 0. The molecule has 0 N–H and O–H groups in total. The molecule has 0 bridgehead atoms. The highest BCUT2D eigenvalue weighted by atomic mass is 35.5. The van der Waals surface area contributed by atoms with Crippen molar-refractivity contribution in [1.82, 2.24) is 9.80 Å². The molecule has 198 valence electrons. The van der Waals surface area contributed by atoms with E-state index in [1.165, 1.54) is 47.4 Å². The fraction of sp³-hybridized carbons (Fsp3) is 0.333. The molecule has 1 heterocycles. The Morgan fingerprint density at radius 1 is 0.811 bits per heavy atom. The summed E-state index contributed by atoms with van der Waals surface area (Å²) in [6.07, 6.45) is 5.82. The van der Waals surface area contributed by atoms with Crippen molar-refractivity contribution in [3.63, 3.8) is 0 Å². The van der Waals surface area contributed by atoms with Crippen LogP contribution in [0.2, 0.25) is 0 Å². The first-order valence-electron chi connectivity index (χ1n) is 12.4. The molecule has 1 fully saturated rings. The molecule has 2 aliphatic rings. The average molecular weight is 548 g/mol. The number of allylic oxidation sites excluding steroid dienone is 1. The number of aryl methyl sites for hydroxylation is 1. The Hall–Kier alpha value is -2.44. The predicted octanol–water partition coefficient (Wildman–Crippen LogP) is 6.94. The summed E-state index contributed by atoms with van der Waals surface area (Å²) in [5.41, 5.74) is 6.22. The van der Waals surface area contributed by atoms with Crippen LogP contribution in [0.3, 0.4) is 0 Å². The smallest absolute Gasteiger partial charge is 0.123 e. The molecule has 0 radical (unpaired) electrons. The lowest BCUT2D eigenvalue weighted by atomic mass is 9.87. The monoisotopic (exact) mass is 546 g/mol. The maximum atomic E-state index is 13.6. The second-order valence-electron chi connectivity index (χ2n) is 9.45. The molecular formula is C30H34Cl2F2N2O. The molecule has 0 aromatic heterocycles. The van der Waals surface area contributed by atoms with Crippen LogP contribution >= 0.6 is 24.8 Å². The fourth-order valence-electron chi connectivity index (χ4n) is 5.36. The van der Waals surface area contributed by atoms with Crippen LogP contribution in [0.5, 0.6) is 5.75 Å². The second-order valence-corrected chi connectivity index (χ2v) is 9.45. The summed E-state index contributed by atoms with van der Waals surface area (Å²) < 4.78 is 32.6. The highest BCUT2D eigenvalue weighted by Crippen LogP contribution is 2.34. The lowest BCUT2D eigenvalue weighted by Gasteiger charge is -2.39. The van der Waals surface area contributed by atoms with Gasteiger partial charge in [-0.05, 0) is 83.5 Å². The number of ether oxygens (including phenoxy) is 1. The van der Waals surface area contributed by atoms with Gasteiger partial charge in [-0.15, -0.1) is 24.8 Å². The Balaban J connectivity index is 0.00000190. The van der Waals surface area contributed by atoms with Crippen LogP contribution in [0, 0.1) is 11.6 Å². The van der Waals surface area contributed by atoms with E-state index in [0.29, 0.717) is 0 Å². The van der Waals surface area contributed by atoms with E-state index >= 15 is 0 Å². The van der Waals surface area contributed by atoms with Gasteiger partial charge in [0.25, 0.3) is 0 Å². The molecule has 0 atom stereocenters. The predicted molar refractivity (Wildman–Crippen MR) is 151 cm³/mol. The lowest BCUT2D eigenvalue weighted by molar-refractivity contribution is 0.117. The van der Waals surface area contributed by atoms with E-state index in [1.807, 2.05) is 24.3 Å². The van der Waals surface area contributed by atoms with Gasteiger partial charge >= 0.3 is 0 Å². The van der Waals surface area contributed by atoms with Gasteiger partial charge in [0.15, 0.2) is 0 Å². The number of fused-ring (bicyclic) bond motifs is 1. The molecule has 3 aromatic carbocycles. The minimum atomic E-state index is -0.244. The largest absolute Gasteiger partial charge is 0.497 e. The molecule has 3 aromatic rings. The maximum absolute atomic E-state index is 13.6. The van der Waals surface area contributed by atoms with E-state index in [9.17, 15) is 8.78 Å². The van der Waals surface area contributed by atoms with Crippen molar-refractivity contribution >= 4 is 30.4 Å². The van der Waals surface area contributed by atoms with E-state index in [-0.39, 0.29) is 42.5 Å². The van der Waals surface area contributed by atoms with Crippen LogP contribution in [-0.2, 0) is 6.42 Å². The van der Waals surface area contributed by atoms with Gasteiger partial charge in [0.2, 0.25) is 0 Å². The number of hydrogen-bond acceptors (Lipinski definition) is 3. The third-order valence-corrected chi connectivity index (χ3v) is 7.29. The Morgan fingerprint density at radius 2 is 1.41 bits per heavy atom. The van der Waals surface area contributed by atoms with Gasteiger partial charge in [-0.2, -0.15) is 0 Å². The number of rotatable bonds is 6. The molecular weight excluding hydrogens is 513 g/mol. The van der Waals surface area contributed by atoms with E-state index < -0.39 is 0 Å². The summed E-state index contributed by atoms with van der Waals surface area (Å²) >= 11 is 0. The number of piperazine rings is 1. The molecule has 37 heavy (non-hydrogen) atoms. The molecule has 0 spiro atoms. The van der Waals surface area contributed by atoms with Crippen LogP contribution in [0.4, 0.5) is 8.78 Å². The first-order chi connectivity index (χ1) is 17.1. The number of methoxy groups -OCH3 is 1. The van der Waals surface area contributed by atoms with Crippen molar-refractivity contribution in [2.45, 2.75) is 25.3 Å². The topological polar surface area (TPSA) is 15.7 Å². The first kappa shape index (κ1) is 29.1. The van der Waals surface area contributed by atoms with Crippen LogP contribution < -0.4 is 4.74 Å². The van der Waals surface area contributed by atoms with E-state index in [0.717, 1.165) is 62.4 Å². The van der Waals surface area contributed by atoms with Gasteiger partial charge in [-0.1, -0.05) is 36.4 Å². The van der Waals surface area contributed by atoms with Crippen LogP contribution in [0.1, 0.15) is 41.1 Å². The summed E-state index contributed by atoms with van der Waals surface area (Å²) in [4.78, 5) is 4.91. The summed E-state index contributed by atoms with van der Waals surface area (Å²) in [7, 11) is 1.72. The van der Waals surface area contributed by atoms with E-state index in [1.54, 1.807) is 7.11 Å². The van der Waals surface area contributed by atoms with Gasteiger partial charge in [-0.25, -0.2) is 8.78 Å². The second kappa shape index (κ2) is 13.4. The third-order valence-electron chi connectivity index (χ3n) is 7.29. The molecule has 1 aliphatic heterocycles. The summed E-state index contributed by atoms with van der Waals surface area (Å²) in [6, 6.07) is 19.8. The first-order valence-corrected chi connectivity index (χ1v) is 12.4. The molecule has 1 aliphatic carbocycles. The summed E-state index contributed by atoms with van der Waals surface area (Å²) in [5.74, 6) is 0.426.